The van der Waals surface area contributed by atoms with Crippen LogP contribution in [0.15, 0.2) is 18.2 Å². The number of nitrogens with one attached hydrogen (secondary N) is 1. The predicted molar refractivity (Wildman–Crippen MR) is 87.5 cm³/mol. The second kappa shape index (κ2) is 8.72. The van der Waals surface area contributed by atoms with E-state index in [4.69, 9.17) is 16.3 Å². The van der Waals surface area contributed by atoms with Gasteiger partial charge in [0.25, 0.3) is 0 Å². The molecule has 4 heteroatoms. The first kappa shape index (κ1) is 18.4. The average molecular weight is 316 g/mol. The topological polar surface area (TPSA) is 21.3 Å². The van der Waals surface area contributed by atoms with Crippen molar-refractivity contribution in [3.8, 4) is 0 Å². The molecule has 0 saturated heterocycles. The third-order valence-corrected chi connectivity index (χ3v) is 4.38. The summed E-state index contributed by atoms with van der Waals surface area (Å²) in [4.78, 5) is 0. The number of ether oxygens (including phenoxy) is 1. The van der Waals surface area contributed by atoms with Crippen LogP contribution in [0.3, 0.4) is 0 Å². The molecule has 0 spiro atoms. The molecular weight excluding hydrogens is 289 g/mol. The molecule has 1 aromatic rings. The normalized spacial score (nSPS) is 15.7. The van der Waals surface area contributed by atoms with Gasteiger partial charge in [-0.2, -0.15) is 0 Å². The number of halogens is 2. The van der Waals surface area contributed by atoms with Crippen molar-refractivity contribution in [1.29, 1.82) is 0 Å². The first-order valence-corrected chi connectivity index (χ1v) is 8.16. The Kier molecular flexibility index (Phi) is 7.64. The highest BCUT2D eigenvalue weighted by Gasteiger charge is 2.33. The molecule has 0 aromatic heterocycles. The lowest BCUT2D eigenvalue weighted by molar-refractivity contribution is -0.0551. The summed E-state index contributed by atoms with van der Waals surface area (Å²) in [5.74, 6) is -0.249. The van der Waals surface area contributed by atoms with Crippen molar-refractivity contribution in [2.45, 2.75) is 58.6 Å². The third kappa shape index (κ3) is 4.94. The minimum atomic E-state index is -0.338. The molecule has 1 rings (SSSR count). The van der Waals surface area contributed by atoms with Crippen LogP contribution < -0.4 is 5.32 Å². The molecule has 0 heterocycles. The van der Waals surface area contributed by atoms with Gasteiger partial charge in [-0.3, -0.25) is 0 Å². The zero-order valence-electron chi connectivity index (χ0n) is 13.5. The first-order chi connectivity index (χ1) is 9.98. The molecular formula is C17H27ClFNO. The molecule has 0 radical (unpaired) electrons. The maximum Gasteiger partial charge on any atom is 0.127 e. The summed E-state index contributed by atoms with van der Waals surface area (Å²) < 4.78 is 20.0. The van der Waals surface area contributed by atoms with Crippen LogP contribution in [0.1, 0.15) is 46.1 Å². The Balaban J connectivity index is 3.02. The quantitative estimate of drug-likeness (QED) is 0.719. The molecule has 0 fully saturated rings. The van der Waals surface area contributed by atoms with Gasteiger partial charge in [0.15, 0.2) is 0 Å². The number of hydrogen-bond acceptors (Lipinski definition) is 2. The minimum Gasteiger partial charge on any atom is -0.374 e. The van der Waals surface area contributed by atoms with E-state index in [1.165, 1.54) is 6.07 Å². The Bertz CT molecular complexity index is 421. The largest absolute Gasteiger partial charge is 0.374 e. The van der Waals surface area contributed by atoms with Gasteiger partial charge in [0.2, 0.25) is 0 Å². The van der Waals surface area contributed by atoms with Crippen molar-refractivity contribution in [2.24, 2.45) is 0 Å². The van der Waals surface area contributed by atoms with Crippen LogP contribution in [0.25, 0.3) is 0 Å². The van der Waals surface area contributed by atoms with Crippen molar-refractivity contribution in [2.75, 3.05) is 13.2 Å². The molecule has 1 N–H and O–H groups in total. The number of rotatable bonds is 9. The van der Waals surface area contributed by atoms with Gasteiger partial charge < -0.3 is 10.1 Å². The van der Waals surface area contributed by atoms with Gasteiger partial charge in [0.05, 0.1) is 5.60 Å². The molecule has 1 aromatic carbocycles. The number of hydrogen-bond donors (Lipinski definition) is 1. The molecule has 0 aliphatic carbocycles. The van der Waals surface area contributed by atoms with E-state index in [0.717, 1.165) is 19.4 Å². The fourth-order valence-electron chi connectivity index (χ4n) is 2.53. The van der Waals surface area contributed by atoms with Crippen LogP contribution in [0.2, 0.25) is 5.02 Å². The molecule has 0 aliphatic heterocycles. The van der Waals surface area contributed by atoms with E-state index < -0.39 is 0 Å². The molecule has 2 atom stereocenters. The predicted octanol–water partition coefficient (Wildman–Crippen LogP) is 4.60. The van der Waals surface area contributed by atoms with Gasteiger partial charge in [0, 0.05) is 23.2 Å². The maximum absolute atomic E-state index is 14.1. The lowest BCUT2D eigenvalue weighted by atomic mass is 9.87. The number of benzene rings is 1. The fourth-order valence-corrected chi connectivity index (χ4v) is 2.77. The van der Waals surface area contributed by atoms with E-state index in [9.17, 15) is 4.39 Å². The van der Waals surface area contributed by atoms with Crippen LogP contribution in [0.4, 0.5) is 4.39 Å². The molecule has 120 valence electrons. The van der Waals surface area contributed by atoms with Crippen molar-refractivity contribution in [3.05, 3.63) is 34.6 Å². The lowest BCUT2D eigenvalue weighted by Gasteiger charge is -2.38. The van der Waals surface area contributed by atoms with Crippen molar-refractivity contribution in [3.63, 3.8) is 0 Å². The van der Waals surface area contributed by atoms with Gasteiger partial charge in [-0.05, 0) is 51.8 Å². The summed E-state index contributed by atoms with van der Waals surface area (Å²) in [6, 6.07) is 4.86. The standard InChI is InChI=1S/C17H27ClFNO/c1-5-11-20-16(17(4,6-2)21-7-3)12-13-14(18)9-8-10-15(13)19/h8-10,16,20H,5-7,11-12H2,1-4H3. The third-order valence-electron chi connectivity index (χ3n) is 4.02. The van der Waals surface area contributed by atoms with E-state index in [2.05, 4.69) is 26.1 Å². The highest BCUT2D eigenvalue weighted by atomic mass is 35.5. The van der Waals surface area contributed by atoms with E-state index in [-0.39, 0.29) is 17.5 Å². The summed E-state index contributed by atoms with van der Waals surface area (Å²) in [7, 11) is 0. The van der Waals surface area contributed by atoms with E-state index in [1.807, 2.05) is 6.92 Å². The smallest absolute Gasteiger partial charge is 0.127 e. The second-order valence-corrected chi connectivity index (χ2v) is 5.92. The summed E-state index contributed by atoms with van der Waals surface area (Å²) in [6.45, 7) is 9.79. The first-order valence-electron chi connectivity index (χ1n) is 7.78. The summed E-state index contributed by atoms with van der Waals surface area (Å²) in [5.41, 5.74) is 0.224. The van der Waals surface area contributed by atoms with Gasteiger partial charge in [-0.25, -0.2) is 4.39 Å². The zero-order valence-corrected chi connectivity index (χ0v) is 14.3. The van der Waals surface area contributed by atoms with Crippen molar-refractivity contribution < 1.29 is 9.13 Å². The Morgan fingerprint density at radius 1 is 1.33 bits per heavy atom. The van der Waals surface area contributed by atoms with Gasteiger partial charge in [-0.1, -0.05) is 31.5 Å². The van der Waals surface area contributed by atoms with Crippen molar-refractivity contribution in [1.82, 2.24) is 5.32 Å². The summed E-state index contributed by atoms with van der Waals surface area (Å²) >= 11 is 6.17. The van der Waals surface area contributed by atoms with E-state index in [0.29, 0.717) is 23.6 Å². The SMILES string of the molecule is CCCNC(Cc1c(F)cccc1Cl)C(C)(CC)OCC. The molecule has 0 amide bonds. The van der Waals surface area contributed by atoms with E-state index in [1.54, 1.807) is 12.1 Å². The second-order valence-electron chi connectivity index (χ2n) is 5.51. The Labute approximate surface area is 133 Å². The highest BCUT2D eigenvalue weighted by Crippen LogP contribution is 2.27. The summed E-state index contributed by atoms with van der Waals surface area (Å²) in [6.07, 6.45) is 2.40. The van der Waals surface area contributed by atoms with Gasteiger partial charge in [0.1, 0.15) is 5.82 Å². The fraction of sp³-hybridized carbons (Fsp3) is 0.647. The Morgan fingerprint density at radius 3 is 2.57 bits per heavy atom. The molecule has 0 bridgehead atoms. The van der Waals surface area contributed by atoms with E-state index >= 15 is 0 Å². The lowest BCUT2D eigenvalue weighted by Crippen LogP contribution is -2.52. The van der Waals surface area contributed by atoms with Crippen LogP contribution in [-0.4, -0.2) is 24.8 Å². The molecule has 21 heavy (non-hydrogen) atoms. The van der Waals surface area contributed by atoms with Crippen LogP contribution in [0, 0.1) is 5.82 Å². The highest BCUT2D eigenvalue weighted by molar-refractivity contribution is 6.31. The van der Waals surface area contributed by atoms with Crippen molar-refractivity contribution >= 4 is 11.6 Å². The minimum absolute atomic E-state index is 0.0248. The average Bonchev–Trinajstić information content (AvgIpc) is 2.46. The monoisotopic (exact) mass is 315 g/mol. The molecule has 0 saturated carbocycles. The van der Waals surface area contributed by atoms with Gasteiger partial charge in [-0.15, -0.1) is 0 Å². The van der Waals surface area contributed by atoms with Crippen LogP contribution in [-0.2, 0) is 11.2 Å². The molecule has 2 nitrogen and oxygen atoms in total. The van der Waals surface area contributed by atoms with Crippen LogP contribution in [0.5, 0.6) is 0 Å². The Hall–Kier alpha value is -0.640. The maximum atomic E-state index is 14.1. The summed E-state index contributed by atoms with van der Waals surface area (Å²) in [5, 5.41) is 3.98. The zero-order chi connectivity index (χ0) is 15.9. The Morgan fingerprint density at radius 2 is 2.05 bits per heavy atom. The van der Waals surface area contributed by atoms with Gasteiger partial charge >= 0.3 is 0 Å². The van der Waals surface area contributed by atoms with Crippen LogP contribution >= 0.6 is 11.6 Å². The molecule has 2 unspecified atom stereocenters. The molecule has 0 aliphatic rings.